The molecular formula is C15H16BrNO3. The first-order chi connectivity index (χ1) is 9.56. The molecule has 0 unspecified atom stereocenters. The maximum Gasteiger partial charge on any atom is 0.258 e. The third-order valence-electron chi connectivity index (χ3n) is 2.85. The number of hydrogen-bond acceptors (Lipinski definition) is 3. The molecule has 0 saturated heterocycles. The highest BCUT2D eigenvalue weighted by molar-refractivity contribution is 9.10. The number of nitrogens with one attached hydrogen (secondary N) is 1. The number of aryl methyl sites for hydroxylation is 2. The fourth-order valence-corrected chi connectivity index (χ4v) is 2.16. The molecule has 0 fully saturated rings. The van der Waals surface area contributed by atoms with Gasteiger partial charge >= 0.3 is 0 Å². The summed E-state index contributed by atoms with van der Waals surface area (Å²) >= 11 is 3.46. The van der Waals surface area contributed by atoms with E-state index in [1.165, 1.54) is 0 Å². The molecule has 1 aromatic carbocycles. The van der Waals surface area contributed by atoms with E-state index >= 15 is 0 Å². The minimum absolute atomic E-state index is 0.0113. The van der Waals surface area contributed by atoms with Crippen LogP contribution in [0.15, 0.2) is 39.4 Å². The number of rotatable bonds is 5. The van der Waals surface area contributed by atoms with Gasteiger partial charge in [0.1, 0.15) is 11.5 Å². The number of carbonyl (C=O) groups excluding carboxylic acids is 1. The molecule has 1 aromatic heterocycles. The second-order valence-corrected chi connectivity index (χ2v) is 5.37. The normalized spacial score (nSPS) is 10.3. The van der Waals surface area contributed by atoms with Gasteiger partial charge in [0, 0.05) is 4.47 Å². The van der Waals surface area contributed by atoms with Gasteiger partial charge in [-0.15, -0.1) is 0 Å². The largest absolute Gasteiger partial charge is 0.483 e. The van der Waals surface area contributed by atoms with Crippen molar-refractivity contribution in [3.8, 4) is 5.75 Å². The summed E-state index contributed by atoms with van der Waals surface area (Å²) in [6.45, 7) is 4.28. The Kier molecular flexibility index (Phi) is 4.84. The molecule has 2 rings (SSSR count). The SMILES string of the molecule is Cc1cc(OCC(=O)NCc2ccco2)c(C)cc1Br. The minimum atomic E-state index is -0.179. The van der Waals surface area contributed by atoms with Crippen LogP contribution in [0, 0.1) is 13.8 Å². The highest BCUT2D eigenvalue weighted by Crippen LogP contribution is 2.26. The first-order valence-electron chi connectivity index (χ1n) is 6.25. The number of furan rings is 1. The molecule has 0 atom stereocenters. The first-order valence-corrected chi connectivity index (χ1v) is 7.04. The van der Waals surface area contributed by atoms with E-state index in [9.17, 15) is 4.79 Å². The molecule has 5 heteroatoms. The molecule has 0 aliphatic carbocycles. The van der Waals surface area contributed by atoms with Crippen molar-refractivity contribution in [1.82, 2.24) is 5.32 Å². The van der Waals surface area contributed by atoms with Crippen LogP contribution in [0.4, 0.5) is 0 Å². The third-order valence-corrected chi connectivity index (χ3v) is 3.71. The molecule has 0 aliphatic heterocycles. The molecule has 106 valence electrons. The molecule has 0 saturated carbocycles. The Balaban J connectivity index is 1.85. The fraction of sp³-hybridized carbons (Fsp3) is 0.267. The van der Waals surface area contributed by atoms with Gasteiger partial charge in [0.05, 0.1) is 12.8 Å². The van der Waals surface area contributed by atoms with E-state index in [1.807, 2.05) is 32.0 Å². The molecule has 0 spiro atoms. The molecule has 20 heavy (non-hydrogen) atoms. The zero-order valence-electron chi connectivity index (χ0n) is 11.4. The molecular weight excluding hydrogens is 322 g/mol. The number of amides is 1. The lowest BCUT2D eigenvalue weighted by atomic mass is 10.1. The number of carbonyl (C=O) groups is 1. The predicted octanol–water partition coefficient (Wildman–Crippen LogP) is 3.35. The summed E-state index contributed by atoms with van der Waals surface area (Å²) in [5, 5.41) is 2.73. The van der Waals surface area contributed by atoms with Gasteiger partial charge in [0.25, 0.3) is 5.91 Å². The van der Waals surface area contributed by atoms with E-state index in [-0.39, 0.29) is 12.5 Å². The van der Waals surface area contributed by atoms with Gasteiger partial charge in [-0.2, -0.15) is 0 Å². The summed E-state index contributed by atoms with van der Waals surface area (Å²) in [5.41, 5.74) is 2.06. The molecule has 0 aliphatic rings. The van der Waals surface area contributed by atoms with E-state index in [0.717, 1.165) is 21.3 Å². The van der Waals surface area contributed by atoms with Gasteiger partial charge < -0.3 is 14.5 Å². The molecule has 1 amide bonds. The monoisotopic (exact) mass is 337 g/mol. The Morgan fingerprint density at radius 1 is 1.35 bits per heavy atom. The molecule has 0 bridgehead atoms. The molecule has 4 nitrogen and oxygen atoms in total. The lowest BCUT2D eigenvalue weighted by Crippen LogP contribution is -2.28. The Hall–Kier alpha value is -1.75. The van der Waals surface area contributed by atoms with E-state index in [2.05, 4.69) is 21.2 Å². The van der Waals surface area contributed by atoms with Crippen molar-refractivity contribution in [2.24, 2.45) is 0 Å². The van der Waals surface area contributed by atoms with E-state index in [0.29, 0.717) is 12.3 Å². The van der Waals surface area contributed by atoms with Crippen LogP contribution in [0.1, 0.15) is 16.9 Å². The summed E-state index contributed by atoms with van der Waals surface area (Å²) < 4.78 is 11.7. The number of ether oxygens (including phenoxy) is 1. The number of hydrogen-bond donors (Lipinski definition) is 1. The summed E-state index contributed by atoms with van der Waals surface area (Å²) in [4.78, 5) is 11.7. The van der Waals surface area contributed by atoms with Crippen LogP contribution >= 0.6 is 15.9 Å². The van der Waals surface area contributed by atoms with Crippen molar-refractivity contribution in [2.75, 3.05) is 6.61 Å². The average molecular weight is 338 g/mol. The summed E-state index contributed by atoms with van der Waals surface area (Å²) in [5.74, 6) is 1.26. The standard InChI is InChI=1S/C15H16BrNO3/c1-10-7-14(11(2)6-13(10)16)20-9-15(18)17-8-12-4-3-5-19-12/h3-7H,8-9H2,1-2H3,(H,17,18). The quantitative estimate of drug-likeness (QED) is 0.910. The van der Waals surface area contributed by atoms with Gasteiger partial charge in [0.2, 0.25) is 0 Å². The smallest absolute Gasteiger partial charge is 0.258 e. The Bertz CT molecular complexity index is 593. The Morgan fingerprint density at radius 3 is 2.85 bits per heavy atom. The van der Waals surface area contributed by atoms with Crippen molar-refractivity contribution in [2.45, 2.75) is 20.4 Å². The molecule has 2 aromatic rings. The lowest BCUT2D eigenvalue weighted by molar-refractivity contribution is -0.123. The second kappa shape index (κ2) is 6.61. The topological polar surface area (TPSA) is 51.5 Å². The maximum absolute atomic E-state index is 11.7. The van der Waals surface area contributed by atoms with Gasteiger partial charge in [-0.1, -0.05) is 15.9 Å². The zero-order chi connectivity index (χ0) is 14.5. The van der Waals surface area contributed by atoms with E-state index < -0.39 is 0 Å². The van der Waals surface area contributed by atoms with Crippen LogP contribution in [0.3, 0.4) is 0 Å². The van der Waals surface area contributed by atoms with Crippen molar-refractivity contribution >= 4 is 21.8 Å². The van der Waals surface area contributed by atoms with Crippen LogP contribution in [0.5, 0.6) is 5.75 Å². The van der Waals surface area contributed by atoms with E-state index in [1.54, 1.807) is 12.3 Å². The van der Waals surface area contributed by atoms with Gasteiger partial charge in [-0.05, 0) is 49.2 Å². The molecule has 0 radical (unpaired) electrons. The Labute approximate surface area is 126 Å². The van der Waals surface area contributed by atoms with Gasteiger partial charge in [-0.25, -0.2) is 0 Å². The molecule has 1 heterocycles. The van der Waals surface area contributed by atoms with Gasteiger partial charge in [-0.3, -0.25) is 4.79 Å². The van der Waals surface area contributed by atoms with Crippen LogP contribution in [0.2, 0.25) is 0 Å². The summed E-state index contributed by atoms with van der Waals surface area (Å²) in [6, 6.07) is 7.49. The van der Waals surface area contributed by atoms with Crippen molar-refractivity contribution < 1.29 is 13.9 Å². The van der Waals surface area contributed by atoms with Crippen molar-refractivity contribution in [3.05, 3.63) is 51.9 Å². The average Bonchev–Trinajstić information content (AvgIpc) is 2.92. The minimum Gasteiger partial charge on any atom is -0.483 e. The van der Waals surface area contributed by atoms with Gasteiger partial charge in [0.15, 0.2) is 6.61 Å². The van der Waals surface area contributed by atoms with Crippen LogP contribution in [-0.4, -0.2) is 12.5 Å². The van der Waals surface area contributed by atoms with Crippen LogP contribution < -0.4 is 10.1 Å². The number of benzene rings is 1. The second-order valence-electron chi connectivity index (χ2n) is 4.51. The summed E-state index contributed by atoms with van der Waals surface area (Å²) in [7, 11) is 0. The third kappa shape index (κ3) is 3.87. The van der Waals surface area contributed by atoms with Crippen LogP contribution in [0.25, 0.3) is 0 Å². The highest BCUT2D eigenvalue weighted by Gasteiger charge is 2.07. The zero-order valence-corrected chi connectivity index (χ0v) is 13.0. The maximum atomic E-state index is 11.7. The van der Waals surface area contributed by atoms with Crippen molar-refractivity contribution in [1.29, 1.82) is 0 Å². The predicted molar refractivity (Wildman–Crippen MR) is 79.7 cm³/mol. The highest BCUT2D eigenvalue weighted by atomic mass is 79.9. The van der Waals surface area contributed by atoms with Crippen molar-refractivity contribution in [3.63, 3.8) is 0 Å². The number of halogens is 1. The van der Waals surface area contributed by atoms with E-state index in [4.69, 9.17) is 9.15 Å². The van der Waals surface area contributed by atoms with Crippen LogP contribution in [-0.2, 0) is 11.3 Å². The fourth-order valence-electron chi connectivity index (χ4n) is 1.70. The lowest BCUT2D eigenvalue weighted by Gasteiger charge is -2.11. The first kappa shape index (κ1) is 14.7. The Morgan fingerprint density at radius 2 is 2.15 bits per heavy atom. The summed E-state index contributed by atoms with van der Waals surface area (Å²) in [6.07, 6.45) is 1.58. The molecule has 1 N–H and O–H groups in total.